The van der Waals surface area contributed by atoms with Crippen molar-refractivity contribution in [3.8, 4) is 5.75 Å². The molecular formula is C10H12N2O3. The first-order chi connectivity index (χ1) is 7.10. The molecule has 0 bridgehead atoms. The van der Waals surface area contributed by atoms with Crippen LogP contribution in [-0.2, 0) is 9.53 Å². The van der Waals surface area contributed by atoms with Crippen molar-refractivity contribution in [1.82, 2.24) is 0 Å². The number of ether oxygens (including phenoxy) is 2. The van der Waals surface area contributed by atoms with Gasteiger partial charge in [-0.3, -0.25) is 5.41 Å². The van der Waals surface area contributed by atoms with Gasteiger partial charge in [-0.05, 0) is 18.2 Å². The highest BCUT2D eigenvalue weighted by Crippen LogP contribution is 2.20. The zero-order valence-corrected chi connectivity index (χ0v) is 8.53. The molecule has 0 unspecified atom stereocenters. The van der Waals surface area contributed by atoms with Crippen molar-refractivity contribution >= 4 is 17.4 Å². The summed E-state index contributed by atoms with van der Waals surface area (Å²) >= 11 is 0. The largest absolute Gasteiger partial charge is 0.497 e. The first-order valence-corrected chi connectivity index (χ1v) is 4.21. The second-order valence-electron chi connectivity index (χ2n) is 2.82. The van der Waals surface area contributed by atoms with Crippen LogP contribution in [0, 0.1) is 5.41 Å². The summed E-state index contributed by atoms with van der Waals surface area (Å²) in [5.41, 5.74) is 6.00. The Balaban J connectivity index is 3.12. The Bertz CT molecular complexity index is 402. The van der Waals surface area contributed by atoms with E-state index in [4.69, 9.17) is 15.9 Å². The second kappa shape index (κ2) is 4.45. The van der Waals surface area contributed by atoms with Crippen LogP contribution in [0.4, 0.5) is 5.69 Å². The van der Waals surface area contributed by atoms with Gasteiger partial charge in [0.05, 0.1) is 14.2 Å². The molecule has 0 heterocycles. The minimum Gasteiger partial charge on any atom is -0.497 e. The summed E-state index contributed by atoms with van der Waals surface area (Å²) in [7, 11) is 2.71. The van der Waals surface area contributed by atoms with E-state index >= 15 is 0 Å². The summed E-state index contributed by atoms with van der Waals surface area (Å²) in [5, 5.41) is 7.54. The molecule has 1 aromatic carbocycles. The molecule has 0 saturated carbocycles. The number of anilines is 1. The fourth-order valence-electron chi connectivity index (χ4n) is 1.09. The third-order valence-electron chi connectivity index (χ3n) is 1.92. The highest BCUT2D eigenvalue weighted by atomic mass is 16.5. The average Bonchev–Trinajstić information content (AvgIpc) is 2.27. The molecule has 5 heteroatoms. The van der Waals surface area contributed by atoms with Crippen LogP contribution in [0.2, 0.25) is 0 Å². The molecule has 0 aliphatic heterocycles. The van der Waals surface area contributed by atoms with Crippen LogP contribution in [0.3, 0.4) is 0 Å². The van der Waals surface area contributed by atoms with E-state index in [2.05, 4.69) is 4.74 Å². The molecule has 15 heavy (non-hydrogen) atoms. The standard InChI is InChI=1S/C10H12N2O3/c1-14-6-3-4-8(11)7(5-6)9(12)10(13)15-2/h3-5,12H,11H2,1-2H3. The molecule has 3 N–H and O–H groups in total. The monoisotopic (exact) mass is 208 g/mol. The van der Waals surface area contributed by atoms with Gasteiger partial charge in [0.25, 0.3) is 0 Å². The number of hydrogen-bond donors (Lipinski definition) is 2. The number of esters is 1. The van der Waals surface area contributed by atoms with Gasteiger partial charge in [-0.1, -0.05) is 0 Å². The van der Waals surface area contributed by atoms with Crippen LogP contribution in [0.5, 0.6) is 5.75 Å². The quantitative estimate of drug-likeness (QED) is 0.437. The van der Waals surface area contributed by atoms with Crippen LogP contribution < -0.4 is 10.5 Å². The molecule has 0 aromatic heterocycles. The van der Waals surface area contributed by atoms with Gasteiger partial charge in [0.1, 0.15) is 11.5 Å². The number of benzene rings is 1. The van der Waals surface area contributed by atoms with Gasteiger partial charge in [0.15, 0.2) is 0 Å². The maximum Gasteiger partial charge on any atom is 0.356 e. The van der Waals surface area contributed by atoms with Crippen molar-refractivity contribution in [1.29, 1.82) is 5.41 Å². The Hall–Kier alpha value is -2.04. The molecule has 0 aliphatic rings. The van der Waals surface area contributed by atoms with E-state index in [-0.39, 0.29) is 5.71 Å². The molecule has 0 radical (unpaired) electrons. The van der Waals surface area contributed by atoms with Crippen LogP contribution in [0.1, 0.15) is 5.56 Å². The predicted molar refractivity (Wildman–Crippen MR) is 56.3 cm³/mol. The number of methoxy groups -OCH3 is 2. The Morgan fingerprint density at radius 2 is 2.07 bits per heavy atom. The lowest BCUT2D eigenvalue weighted by atomic mass is 10.1. The summed E-state index contributed by atoms with van der Waals surface area (Å²) in [6, 6.07) is 4.75. The first-order valence-electron chi connectivity index (χ1n) is 4.21. The molecule has 0 aliphatic carbocycles. The molecule has 1 aromatic rings. The molecule has 1 rings (SSSR count). The third kappa shape index (κ3) is 2.25. The Morgan fingerprint density at radius 1 is 1.40 bits per heavy atom. The van der Waals surface area contributed by atoms with E-state index in [1.165, 1.54) is 20.3 Å². The fourth-order valence-corrected chi connectivity index (χ4v) is 1.09. The second-order valence-corrected chi connectivity index (χ2v) is 2.82. The maximum atomic E-state index is 11.1. The highest BCUT2D eigenvalue weighted by Gasteiger charge is 2.15. The number of nitrogens with two attached hydrogens (primary N) is 1. The number of carbonyl (C=O) groups excluding carboxylic acids is 1. The van der Waals surface area contributed by atoms with Crippen LogP contribution in [-0.4, -0.2) is 25.9 Å². The van der Waals surface area contributed by atoms with Crippen molar-refractivity contribution in [2.45, 2.75) is 0 Å². The van der Waals surface area contributed by atoms with E-state index in [1.54, 1.807) is 12.1 Å². The SMILES string of the molecule is COC(=O)C(=N)c1cc(OC)ccc1N. The Kier molecular flexibility index (Phi) is 3.28. The molecule has 0 saturated heterocycles. The summed E-state index contributed by atoms with van der Waals surface area (Å²) in [4.78, 5) is 11.1. The summed E-state index contributed by atoms with van der Waals surface area (Å²) in [6.45, 7) is 0. The van der Waals surface area contributed by atoms with Crippen molar-refractivity contribution in [3.63, 3.8) is 0 Å². The van der Waals surface area contributed by atoms with Crippen LogP contribution in [0.15, 0.2) is 18.2 Å². The molecule has 0 spiro atoms. The number of hydrogen-bond acceptors (Lipinski definition) is 5. The van der Waals surface area contributed by atoms with Crippen molar-refractivity contribution in [3.05, 3.63) is 23.8 Å². The van der Waals surface area contributed by atoms with Gasteiger partial charge in [0, 0.05) is 11.3 Å². The minimum absolute atomic E-state index is 0.283. The van der Waals surface area contributed by atoms with Gasteiger partial charge in [-0.2, -0.15) is 0 Å². The van der Waals surface area contributed by atoms with Crippen LogP contribution in [0.25, 0.3) is 0 Å². The van der Waals surface area contributed by atoms with Gasteiger partial charge < -0.3 is 15.2 Å². The zero-order chi connectivity index (χ0) is 11.4. The third-order valence-corrected chi connectivity index (χ3v) is 1.92. The normalized spacial score (nSPS) is 9.47. The molecule has 0 fully saturated rings. The van der Waals surface area contributed by atoms with Crippen LogP contribution >= 0.6 is 0 Å². The zero-order valence-electron chi connectivity index (χ0n) is 8.53. The maximum absolute atomic E-state index is 11.1. The first kappa shape index (κ1) is 11.0. The summed E-state index contributed by atoms with van der Waals surface area (Å²) in [6.07, 6.45) is 0. The summed E-state index contributed by atoms with van der Waals surface area (Å²) in [5.74, 6) is -0.192. The minimum atomic E-state index is -0.727. The lowest BCUT2D eigenvalue weighted by Crippen LogP contribution is -2.17. The van der Waals surface area contributed by atoms with Crippen molar-refractivity contribution < 1.29 is 14.3 Å². The number of nitrogen functional groups attached to an aromatic ring is 1. The summed E-state index contributed by atoms with van der Waals surface area (Å²) < 4.78 is 9.40. The number of nitrogens with one attached hydrogen (secondary N) is 1. The lowest BCUT2D eigenvalue weighted by Gasteiger charge is -2.07. The van der Waals surface area contributed by atoms with E-state index in [0.717, 1.165) is 0 Å². The van der Waals surface area contributed by atoms with Gasteiger partial charge in [-0.25, -0.2) is 4.79 Å². The Morgan fingerprint density at radius 3 is 2.60 bits per heavy atom. The Labute approximate surface area is 87.3 Å². The molecule has 80 valence electrons. The average molecular weight is 208 g/mol. The van der Waals surface area contributed by atoms with E-state index in [0.29, 0.717) is 17.0 Å². The van der Waals surface area contributed by atoms with E-state index in [9.17, 15) is 4.79 Å². The van der Waals surface area contributed by atoms with Gasteiger partial charge >= 0.3 is 5.97 Å². The van der Waals surface area contributed by atoms with Crippen molar-refractivity contribution in [2.24, 2.45) is 0 Å². The topological polar surface area (TPSA) is 85.4 Å². The smallest absolute Gasteiger partial charge is 0.356 e. The molecule has 5 nitrogen and oxygen atoms in total. The molecular weight excluding hydrogens is 196 g/mol. The number of rotatable bonds is 3. The highest BCUT2D eigenvalue weighted by molar-refractivity contribution is 6.43. The number of carbonyl (C=O) groups is 1. The lowest BCUT2D eigenvalue weighted by molar-refractivity contribution is -0.132. The van der Waals surface area contributed by atoms with Gasteiger partial charge in [0.2, 0.25) is 0 Å². The fraction of sp³-hybridized carbons (Fsp3) is 0.200. The van der Waals surface area contributed by atoms with Crippen molar-refractivity contribution in [2.75, 3.05) is 20.0 Å². The van der Waals surface area contributed by atoms with Gasteiger partial charge in [-0.15, -0.1) is 0 Å². The predicted octanol–water partition coefficient (Wildman–Crippen LogP) is 0.818. The molecule has 0 atom stereocenters. The van der Waals surface area contributed by atoms with E-state index in [1.807, 2.05) is 0 Å². The van der Waals surface area contributed by atoms with E-state index < -0.39 is 5.97 Å². The molecule has 0 amide bonds.